The second-order valence-electron chi connectivity index (χ2n) is 6.91. The van der Waals surface area contributed by atoms with Crippen LogP contribution in [0.3, 0.4) is 0 Å². The Kier molecular flexibility index (Phi) is 6.60. The molecule has 0 bridgehead atoms. The monoisotopic (exact) mass is 427 g/mol. The predicted octanol–water partition coefficient (Wildman–Crippen LogP) is 1.97. The number of hydrogen-bond acceptors (Lipinski definition) is 7. The van der Waals surface area contributed by atoms with E-state index in [2.05, 4.69) is 15.4 Å². The van der Waals surface area contributed by atoms with Crippen LogP contribution in [0.25, 0.3) is 10.8 Å². The molecule has 0 aliphatic rings. The van der Waals surface area contributed by atoms with Gasteiger partial charge in [0.15, 0.2) is 5.82 Å². The van der Waals surface area contributed by atoms with Gasteiger partial charge in [0, 0.05) is 24.0 Å². The van der Waals surface area contributed by atoms with Crippen LogP contribution in [0.1, 0.15) is 20.8 Å². The van der Waals surface area contributed by atoms with E-state index in [1.807, 2.05) is 0 Å². The number of nitrogens with two attached hydrogens (primary N) is 1. The molecule has 0 unspecified atom stereocenters. The molecule has 0 aliphatic carbocycles. The standard InChI is InChI=1S/C17H22ClN5O4S/c1-17(2,3)27-15(24)9-23(4)28(25,26)11-5-6-12-13(7-11)16(21-10-22-19)20-8-14(12)18/h5-8,10H,9,19H2,1-4H3,(H,20,21,22). The fourth-order valence-corrected chi connectivity index (χ4v) is 3.71. The molecule has 0 atom stereocenters. The third kappa shape index (κ3) is 5.16. The van der Waals surface area contributed by atoms with E-state index >= 15 is 0 Å². The fraction of sp³-hybridized carbons (Fsp3) is 0.353. The number of ether oxygens (including phenoxy) is 1. The molecular weight excluding hydrogens is 406 g/mol. The Morgan fingerprint density at radius 2 is 2.07 bits per heavy atom. The summed E-state index contributed by atoms with van der Waals surface area (Å²) < 4.78 is 31.9. The number of hydrogen-bond donors (Lipinski definition) is 2. The highest BCUT2D eigenvalue weighted by Gasteiger charge is 2.26. The van der Waals surface area contributed by atoms with Crippen molar-refractivity contribution >= 4 is 50.5 Å². The number of nitrogens with zero attached hydrogens (tertiary/aromatic N) is 3. The van der Waals surface area contributed by atoms with Crippen LogP contribution in [-0.2, 0) is 19.6 Å². The summed E-state index contributed by atoms with van der Waals surface area (Å²) in [6.45, 7) is 4.70. The van der Waals surface area contributed by atoms with Crippen molar-refractivity contribution in [2.24, 2.45) is 10.8 Å². The molecule has 11 heteroatoms. The lowest BCUT2D eigenvalue weighted by Gasteiger charge is -2.22. The molecule has 3 N–H and O–H groups in total. The first kappa shape index (κ1) is 22.0. The van der Waals surface area contributed by atoms with Crippen LogP contribution < -0.4 is 11.3 Å². The summed E-state index contributed by atoms with van der Waals surface area (Å²) >= 11 is 6.15. The summed E-state index contributed by atoms with van der Waals surface area (Å²) in [5.74, 6) is 4.77. The molecule has 1 heterocycles. The summed E-state index contributed by atoms with van der Waals surface area (Å²) in [7, 11) is -2.66. The molecule has 0 saturated carbocycles. The molecule has 0 amide bonds. The number of aromatic nitrogens is 1. The number of benzene rings is 1. The lowest BCUT2D eigenvalue weighted by Crippen LogP contribution is -2.36. The molecule has 0 aliphatic heterocycles. The van der Waals surface area contributed by atoms with E-state index in [1.54, 1.807) is 26.8 Å². The zero-order valence-electron chi connectivity index (χ0n) is 15.9. The molecule has 0 fully saturated rings. The normalized spacial score (nSPS) is 12.7. The van der Waals surface area contributed by atoms with Gasteiger partial charge in [0.2, 0.25) is 10.0 Å². The topological polar surface area (TPSA) is 127 Å². The van der Waals surface area contributed by atoms with Crippen LogP contribution >= 0.6 is 11.6 Å². The van der Waals surface area contributed by atoms with Crippen molar-refractivity contribution in [1.29, 1.82) is 0 Å². The maximum Gasteiger partial charge on any atom is 0.321 e. The zero-order valence-corrected chi connectivity index (χ0v) is 17.5. The van der Waals surface area contributed by atoms with Crippen molar-refractivity contribution in [3.63, 3.8) is 0 Å². The molecule has 152 valence electrons. The van der Waals surface area contributed by atoms with Crippen molar-refractivity contribution < 1.29 is 17.9 Å². The average molecular weight is 428 g/mol. The molecule has 28 heavy (non-hydrogen) atoms. The van der Waals surface area contributed by atoms with Crippen molar-refractivity contribution in [3.8, 4) is 0 Å². The minimum Gasteiger partial charge on any atom is -0.459 e. The number of aliphatic imine (C=N–C) groups is 1. The van der Waals surface area contributed by atoms with Gasteiger partial charge >= 0.3 is 5.97 Å². The highest BCUT2D eigenvalue weighted by atomic mass is 35.5. The van der Waals surface area contributed by atoms with Gasteiger partial charge in [0.25, 0.3) is 0 Å². The average Bonchev–Trinajstić information content (AvgIpc) is 2.59. The van der Waals surface area contributed by atoms with Gasteiger partial charge in [-0.2, -0.15) is 4.31 Å². The Labute approximate surface area is 168 Å². The van der Waals surface area contributed by atoms with Gasteiger partial charge in [-0.1, -0.05) is 17.7 Å². The van der Waals surface area contributed by atoms with Crippen LogP contribution in [0, 0.1) is 0 Å². The summed E-state index contributed by atoms with van der Waals surface area (Å²) in [6, 6.07) is 4.37. The molecule has 0 radical (unpaired) electrons. The first-order valence-electron chi connectivity index (χ1n) is 8.21. The molecular formula is C17H22ClN5O4S. The summed E-state index contributed by atoms with van der Waals surface area (Å²) in [5, 5.41) is 1.35. The van der Waals surface area contributed by atoms with Crippen molar-refractivity contribution in [2.75, 3.05) is 13.6 Å². The van der Waals surface area contributed by atoms with Crippen LogP contribution in [-0.4, -0.2) is 49.2 Å². The van der Waals surface area contributed by atoms with Gasteiger partial charge < -0.3 is 10.2 Å². The third-order valence-electron chi connectivity index (χ3n) is 3.53. The van der Waals surface area contributed by atoms with Gasteiger partial charge in [-0.05, 0) is 32.9 Å². The minimum absolute atomic E-state index is 0.0349. The number of nitrogens with one attached hydrogen (secondary N) is 1. The highest BCUT2D eigenvalue weighted by molar-refractivity contribution is 7.89. The first-order valence-corrected chi connectivity index (χ1v) is 10.0. The lowest BCUT2D eigenvalue weighted by molar-refractivity contribution is -0.154. The van der Waals surface area contributed by atoms with Crippen molar-refractivity contribution in [1.82, 2.24) is 14.7 Å². The van der Waals surface area contributed by atoms with Gasteiger partial charge in [-0.25, -0.2) is 24.2 Å². The van der Waals surface area contributed by atoms with E-state index < -0.39 is 28.1 Å². The number of carbonyl (C=O) groups excluding carboxylic acids is 1. The molecule has 9 nitrogen and oxygen atoms in total. The number of carbonyl (C=O) groups is 1. The number of rotatable bonds is 6. The molecule has 0 spiro atoms. The van der Waals surface area contributed by atoms with Gasteiger partial charge in [0.05, 0.1) is 9.92 Å². The van der Waals surface area contributed by atoms with E-state index in [1.165, 1.54) is 31.7 Å². The van der Waals surface area contributed by atoms with Crippen molar-refractivity contribution in [2.45, 2.75) is 31.3 Å². The Bertz CT molecular complexity index is 1020. The molecule has 2 aromatic rings. The maximum absolute atomic E-state index is 12.9. The largest absolute Gasteiger partial charge is 0.459 e. The van der Waals surface area contributed by atoms with Gasteiger partial charge in [0.1, 0.15) is 18.5 Å². The van der Waals surface area contributed by atoms with E-state index in [-0.39, 0.29) is 10.7 Å². The predicted molar refractivity (Wildman–Crippen MR) is 108 cm³/mol. The highest BCUT2D eigenvalue weighted by Crippen LogP contribution is 2.31. The number of pyridine rings is 1. The number of sulfonamides is 1. The Hall–Kier alpha value is -2.27. The molecule has 1 aromatic heterocycles. The summed E-state index contributed by atoms with van der Waals surface area (Å²) in [4.78, 5) is 20.1. The quantitative estimate of drug-likeness (QED) is 0.237. The van der Waals surface area contributed by atoms with Crippen LogP contribution in [0.2, 0.25) is 5.02 Å². The number of hydrazine groups is 1. The van der Waals surface area contributed by atoms with E-state index in [0.29, 0.717) is 15.8 Å². The number of fused-ring (bicyclic) bond motifs is 1. The second-order valence-corrected chi connectivity index (χ2v) is 9.36. The lowest BCUT2D eigenvalue weighted by atomic mass is 10.1. The van der Waals surface area contributed by atoms with E-state index in [0.717, 1.165) is 4.31 Å². The molecule has 2 rings (SSSR count). The van der Waals surface area contributed by atoms with Crippen LogP contribution in [0.15, 0.2) is 34.3 Å². The van der Waals surface area contributed by atoms with Crippen molar-refractivity contribution in [3.05, 3.63) is 29.4 Å². The van der Waals surface area contributed by atoms with E-state index in [4.69, 9.17) is 22.2 Å². The number of esters is 1. The summed E-state index contributed by atoms with van der Waals surface area (Å²) in [6.07, 6.45) is 2.63. The maximum atomic E-state index is 12.9. The Morgan fingerprint density at radius 3 is 2.68 bits per heavy atom. The first-order chi connectivity index (χ1) is 13.0. The molecule has 0 saturated heterocycles. The third-order valence-corrected chi connectivity index (χ3v) is 5.63. The van der Waals surface area contributed by atoms with Gasteiger partial charge in [-0.3, -0.25) is 4.79 Å². The van der Waals surface area contributed by atoms with Gasteiger partial charge in [-0.15, -0.1) is 0 Å². The smallest absolute Gasteiger partial charge is 0.321 e. The minimum atomic E-state index is -3.96. The summed E-state index contributed by atoms with van der Waals surface area (Å²) in [5.41, 5.74) is 1.54. The van der Waals surface area contributed by atoms with Crippen LogP contribution in [0.4, 0.5) is 5.82 Å². The second kappa shape index (κ2) is 8.39. The number of halogens is 1. The van der Waals surface area contributed by atoms with Crippen LogP contribution in [0.5, 0.6) is 0 Å². The zero-order chi connectivity index (χ0) is 21.1. The Morgan fingerprint density at radius 1 is 1.39 bits per heavy atom. The SMILES string of the molecule is CN(CC(=O)OC(C)(C)C)S(=O)(=O)c1ccc2c(Cl)cnc(N=CNN)c2c1. The fourth-order valence-electron chi connectivity index (χ4n) is 2.36. The Balaban J connectivity index is 2.42. The van der Waals surface area contributed by atoms with E-state index in [9.17, 15) is 13.2 Å². The number of likely N-dealkylation sites (N-methyl/N-ethyl adjacent to an activating group) is 1. The molecule has 1 aromatic carbocycles.